The number of ether oxygens (including phenoxy) is 1. The summed E-state index contributed by atoms with van der Waals surface area (Å²) in [5, 5.41) is 14.2. The molecule has 4 rings (SSSR count). The van der Waals surface area contributed by atoms with Gasteiger partial charge in [0.15, 0.2) is 0 Å². The summed E-state index contributed by atoms with van der Waals surface area (Å²) in [6.45, 7) is 3.42. The van der Waals surface area contributed by atoms with E-state index < -0.39 is 24.3 Å². The molecule has 2 N–H and O–H groups in total. The molecular weight excluding hydrogens is 544 g/mol. The van der Waals surface area contributed by atoms with Crippen molar-refractivity contribution in [2.75, 3.05) is 26.7 Å². The molecule has 39 heavy (non-hydrogen) atoms. The van der Waals surface area contributed by atoms with Crippen LogP contribution in [0.4, 0.5) is 26.3 Å². The number of carboxylic acids is 2. The van der Waals surface area contributed by atoms with E-state index in [1.54, 1.807) is 19.4 Å². The highest BCUT2D eigenvalue weighted by molar-refractivity contribution is 5.94. The number of fused-ring (bicyclic) bond motifs is 1. The number of nitrogens with zero attached hydrogens (tertiary/aromatic N) is 3. The van der Waals surface area contributed by atoms with Gasteiger partial charge in [0, 0.05) is 51.6 Å². The zero-order chi connectivity index (χ0) is 29.4. The van der Waals surface area contributed by atoms with Crippen LogP contribution in [-0.4, -0.2) is 94.1 Å². The minimum absolute atomic E-state index is 0.0593. The van der Waals surface area contributed by atoms with Gasteiger partial charge in [-0.2, -0.15) is 26.3 Å². The van der Waals surface area contributed by atoms with E-state index in [-0.39, 0.29) is 18.1 Å². The van der Waals surface area contributed by atoms with Crippen molar-refractivity contribution in [3.63, 3.8) is 0 Å². The van der Waals surface area contributed by atoms with Crippen molar-refractivity contribution < 1.29 is 60.1 Å². The molecule has 2 saturated heterocycles. The van der Waals surface area contributed by atoms with Crippen LogP contribution in [0.3, 0.4) is 0 Å². The first-order valence-electron chi connectivity index (χ1n) is 11.2. The van der Waals surface area contributed by atoms with Gasteiger partial charge in [0.1, 0.15) is 6.26 Å². The van der Waals surface area contributed by atoms with E-state index in [4.69, 9.17) is 29.0 Å². The third kappa shape index (κ3) is 9.24. The zero-order valence-corrected chi connectivity index (χ0v) is 20.4. The number of carboxylic acid groups (broad SMARTS) is 2. The fraction of sp³-hybridized carbons (Fsp3) is 0.478. The number of hydrogen-bond donors (Lipinski definition) is 2. The quantitative estimate of drug-likeness (QED) is 0.532. The number of likely N-dealkylation sites (tertiary alicyclic amines) is 2. The summed E-state index contributed by atoms with van der Waals surface area (Å²) < 4.78 is 74.3. The number of carbonyl (C=O) groups excluding carboxylic acids is 1. The summed E-state index contributed by atoms with van der Waals surface area (Å²) in [5.41, 5.74) is 1.87. The number of rotatable bonds is 4. The molecule has 0 bridgehead atoms. The fourth-order valence-corrected chi connectivity index (χ4v) is 4.21. The first-order chi connectivity index (χ1) is 18.1. The molecule has 0 radical (unpaired) electrons. The van der Waals surface area contributed by atoms with Crippen LogP contribution in [0.15, 0.2) is 47.5 Å². The smallest absolute Gasteiger partial charge is 0.475 e. The monoisotopic (exact) mass is 569 g/mol. The van der Waals surface area contributed by atoms with E-state index in [2.05, 4.69) is 9.88 Å². The molecule has 0 unspecified atom stereocenters. The topological polar surface area (TPSA) is 133 Å². The number of alkyl halides is 6. The second-order valence-electron chi connectivity index (χ2n) is 8.46. The predicted octanol–water partition coefficient (Wildman–Crippen LogP) is 3.30. The van der Waals surface area contributed by atoms with Crippen molar-refractivity contribution >= 4 is 17.8 Å². The molecule has 1 amide bonds. The second-order valence-corrected chi connectivity index (χ2v) is 8.46. The van der Waals surface area contributed by atoms with E-state index >= 15 is 0 Å². The Balaban J connectivity index is 0.000000317. The minimum atomic E-state index is -5.08. The van der Waals surface area contributed by atoms with Crippen LogP contribution in [0.25, 0.3) is 0 Å². The highest BCUT2D eigenvalue weighted by atomic mass is 19.4. The van der Waals surface area contributed by atoms with Gasteiger partial charge < -0.3 is 24.3 Å². The maximum atomic E-state index is 12.9. The Morgan fingerprint density at radius 2 is 1.59 bits per heavy atom. The minimum Gasteiger partial charge on any atom is -0.475 e. The average Bonchev–Trinajstić information content (AvgIpc) is 3.54. The Bertz CT molecular complexity index is 1060. The van der Waals surface area contributed by atoms with Gasteiger partial charge in [0.05, 0.1) is 24.0 Å². The maximum absolute atomic E-state index is 12.9. The average molecular weight is 569 g/mol. The number of aliphatic carboxylic acids is 2. The molecule has 0 spiro atoms. The Hall–Kier alpha value is -3.66. The number of amides is 1. The van der Waals surface area contributed by atoms with Gasteiger partial charge in [0.25, 0.3) is 5.91 Å². The molecule has 0 aromatic carbocycles. The van der Waals surface area contributed by atoms with Crippen LogP contribution in [0.5, 0.6) is 0 Å². The summed E-state index contributed by atoms with van der Waals surface area (Å²) in [6, 6.07) is 6.01. The van der Waals surface area contributed by atoms with Crippen molar-refractivity contribution in [3.05, 3.63) is 54.2 Å². The van der Waals surface area contributed by atoms with Crippen LogP contribution in [0.2, 0.25) is 0 Å². The number of piperidine rings is 1. The molecule has 0 saturated carbocycles. The lowest BCUT2D eigenvalue weighted by Gasteiger charge is -2.41. The molecule has 2 aromatic rings. The Labute approximate surface area is 217 Å². The van der Waals surface area contributed by atoms with E-state index in [1.165, 1.54) is 11.8 Å². The lowest BCUT2D eigenvalue weighted by molar-refractivity contribution is -0.193. The molecule has 2 aromatic heterocycles. The first-order valence-corrected chi connectivity index (χ1v) is 11.2. The lowest BCUT2D eigenvalue weighted by atomic mass is 9.88. The molecule has 216 valence electrons. The Kier molecular flexibility index (Phi) is 10.9. The van der Waals surface area contributed by atoms with Gasteiger partial charge in [-0.1, -0.05) is 0 Å². The molecule has 4 heterocycles. The van der Waals surface area contributed by atoms with Crippen molar-refractivity contribution in [3.8, 4) is 0 Å². The Morgan fingerprint density at radius 3 is 2.05 bits per heavy atom. The van der Waals surface area contributed by atoms with Crippen LogP contribution < -0.4 is 0 Å². The van der Waals surface area contributed by atoms with E-state index in [9.17, 15) is 31.1 Å². The third-order valence-electron chi connectivity index (χ3n) is 5.91. The summed E-state index contributed by atoms with van der Waals surface area (Å²) in [5.74, 6) is -5.11. The van der Waals surface area contributed by atoms with E-state index in [0.717, 1.165) is 32.6 Å². The zero-order valence-electron chi connectivity index (χ0n) is 20.4. The molecule has 3 atom stereocenters. The van der Waals surface area contributed by atoms with Crippen LogP contribution >= 0.6 is 0 Å². The predicted molar refractivity (Wildman–Crippen MR) is 119 cm³/mol. The van der Waals surface area contributed by atoms with Crippen molar-refractivity contribution in [1.29, 1.82) is 0 Å². The number of furan rings is 1. The number of halogens is 6. The molecule has 0 aliphatic carbocycles. The third-order valence-corrected chi connectivity index (χ3v) is 5.91. The van der Waals surface area contributed by atoms with E-state index in [0.29, 0.717) is 11.5 Å². The van der Waals surface area contributed by atoms with Crippen molar-refractivity contribution in [1.82, 2.24) is 14.8 Å². The number of carbonyl (C=O) groups is 3. The number of pyridine rings is 1. The molecule has 2 fully saturated rings. The summed E-state index contributed by atoms with van der Waals surface area (Å²) in [4.78, 5) is 39.2. The number of aromatic nitrogens is 1. The van der Waals surface area contributed by atoms with Crippen molar-refractivity contribution in [2.45, 2.75) is 37.5 Å². The normalized spacial score (nSPS) is 21.1. The van der Waals surface area contributed by atoms with Crippen LogP contribution in [-0.2, 0) is 20.9 Å². The summed E-state index contributed by atoms with van der Waals surface area (Å²) >= 11 is 0. The molecule has 2 aliphatic rings. The highest BCUT2D eigenvalue weighted by Gasteiger charge is 2.46. The summed E-state index contributed by atoms with van der Waals surface area (Å²) in [6.07, 6.45) is -2.35. The van der Waals surface area contributed by atoms with Crippen LogP contribution in [0, 0.1) is 5.92 Å². The van der Waals surface area contributed by atoms with Gasteiger partial charge in [-0.25, -0.2) is 9.59 Å². The maximum Gasteiger partial charge on any atom is 0.490 e. The fourth-order valence-electron chi connectivity index (χ4n) is 4.21. The van der Waals surface area contributed by atoms with Gasteiger partial charge >= 0.3 is 24.3 Å². The second kappa shape index (κ2) is 13.4. The number of hydrogen-bond acceptors (Lipinski definition) is 7. The lowest BCUT2D eigenvalue weighted by Crippen LogP contribution is -2.53. The van der Waals surface area contributed by atoms with Gasteiger partial charge in [0.2, 0.25) is 0 Å². The molecule has 2 aliphatic heterocycles. The first kappa shape index (κ1) is 31.6. The van der Waals surface area contributed by atoms with E-state index in [1.807, 2.05) is 29.4 Å². The Morgan fingerprint density at radius 1 is 1.03 bits per heavy atom. The SMILES string of the molecule is CO[C@@H]1CCN(C(=O)c2ccoc2)[C@@H]2CN(Cc3ccncc3)C[C@@H]21.O=C(O)C(F)(F)F.O=C(O)C(F)(F)F. The van der Waals surface area contributed by atoms with Gasteiger partial charge in [-0.15, -0.1) is 0 Å². The standard InChI is InChI=1S/C19H23N3O3.2C2HF3O2/c1-24-18-4-8-22(19(23)15-5-9-25-13-15)17-12-21(11-16(17)18)10-14-2-6-20-7-3-14;2*3-2(4,5)1(6)7/h2-3,5-7,9,13,16-18H,4,8,10-12H2,1H3;2*(H,6,7)/t16-,17+,18+;;/m0../s1. The largest absolute Gasteiger partial charge is 0.490 e. The van der Waals surface area contributed by atoms with Gasteiger partial charge in [-0.05, 0) is 30.2 Å². The van der Waals surface area contributed by atoms with Crippen molar-refractivity contribution in [2.24, 2.45) is 5.92 Å². The molecule has 16 heteroatoms. The van der Waals surface area contributed by atoms with Crippen LogP contribution in [0.1, 0.15) is 22.3 Å². The molecule has 10 nitrogen and oxygen atoms in total. The highest BCUT2D eigenvalue weighted by Crippen LogP contribution is 2.34. The summed E-state index contributed by atoms with van der Waals surface area (Å²) in [7, 11) is 1.78. The van der Waals surface area contributed by atoms with Gasteiger partial charge in [-0.3, -0.25) is 14.7 Å². The molecular formula is C23H25F6N3O7. The number of methoxy groups -OCH3 is 1.